The largest absolute Gasteiger partial charge is 0.497 e. The maximum Gasteiger partial charge on any atom is 0.283 e. The molecule has 0 spiro atoms. The van der Waals surface area contributed by atoms with Crippen LogP contribution in [0.5, 0.6) is 5.75 Å². The quantitative estimate of drug-likeness (QED) is 0.520. The number of benzene rings is 3. The lowest BCUT2D eigenvalue weighted by Gasteiger charge is -2.15. The van der Waals surface area contributed by atoms with E-state index in [0.29, 0.717) is 28.4 Å². The number of anilines is 3. The first-order chi connectivity index (χ1) is 15.9. The Bertz CT molecular complexity index is 1250. The summed E-state index contributed by atoms with van der Waals surface area (Å²) in [6.07, 6.45) is 0. The lowest BCUT2D eigenvalue weighted by molar-refractivity contribution is -0.120. The Morgan fingerprint density at radius 1 is 0.848 bits per heavy atom. The van der Waals surface area contributed by atoms with E-state index in [9.17, 15) is 14.4 Å². The highest BCUT2D eigenvalue weighted by Gasteiger charge is 2.38. The zero-order valence-electron chi connectivity index (χ0n) is 17.9. The second-order valence-corrected chi connectivity index (χ2v) is 7.73. The van der Waals surface area contributed by atoms with Crippen LogP contribution in [0.25, 0.3) is 0 Å². The van der Waals surface area contributed by atoms with Crippen LogP contribution in [0.15, 0.2) is 83.5 Å². The zero-order valence-corrected chi connectivity index (χ0v) is 18.6. The molecule has 1 aliphatic rings. The van der Waals surface area contributed by atoms with Gasteiger partial charge in [-0.3, -0.25) is 14.4 Å². The Morgan fingerprint density at radius 2 is 1.45 bits per heavy atom. The van der Waals surface area contributed by atoms with Crippen molar-refractivity contribution in [3.05, 3.63) is 94.7 Å². The predicted octanol–water partition coefficient (Wildman–Crippen LogP) is 4.69. The average molecular weight is 462 g/mol. The first-order valence-corrected chi connectivity index (χ1v) is 10.4. The minimum atomic E-state index is -0.622. The number of imide groups is 1. The molecule has 0 unspecified atom stereocenters. The van der Waals surface area contributed by atoms with Crippen molar-refractivity contribution < 1.29 is 19.1 Å². The molecule has 0 atom stereocenters. The molecular weight excluding hydrogens is 442 g/mol. The molecule has 3 amide bonds. The number of carbonyl (C=O) groups excluding carboxylic acids is 3. The van der Waals surface area contributed by atoms with Gasteiger partial charge in [0.2, 0.25) is 0 Å². The van der Waals surface area contributed by atoms with Crippen LogP contribution in [-0.2, 0) is 9.59 Å². The van der Waals surface area contributed by atoms with Crippen LogP contribution in [0.1, 0.15) is 15.9 Å². The molecule has 0 radical (unpaired) electrons. The van der Waals surface area contributed by atoms with E-state index in [4.69, 9.17) is 16.3 Å². The maximum atomic E-state index is 12.9. The molecule has 0 aliphatic carbocycles. The van der Waals surface area contributed by atoms with Gasteiger partial charge in [0, 0.05) is 16.9 Å². The molecule has 1 aliphatic heterocycles. The van der Waals surface area contributed by atoms with Gasteiger partial charge in [0.1, 0.15) is 16.5 Å². The molecule has 7 nitrogen and oxygen atoms in total. The van der Waals surface area contributed by atoms with Crippen LogP contribution in [0.2, 0.25) is 0 Å². The molecule has 8 heteroatoms. The van der Waals surface area contributed by atoms with Gasteiger partial charge in [-0.25, -0.2) is 4.90 Å². The molecule has 3 aromatic carbocycles. The van der Waals surface area contributed by atoms with Gasteiger partial charge in [0.05, 0.1) is 12.8 Å². The summed E-state index contributed by atoms with van der Waals surface area (Å²) in [4.78, 5) is 39.0. The summed E-state index contributed by atoms with van der Waals surface area (Å²) >= 11 is 6.18. The third-order valence-corrected chi connectivity index (χ3v) is 5.43. The number of nitrogens with one attached hydrogen (secondary N) is 2. The van der Waals surface area contributed by atoms with E-state index < -0.39 is 11.8 Å². The summed E-state index contributed by atoms with van der Waals surface area (Å²) in [6, 6.07) is 20.5. The highest BCUT2D eigenvalue weighted by atomic mass is 35.5. The average Bonchev–Trinajstić information content (AvgIpc) is 3.04. The van der Waals surface area contributed by atoms with E-state index in [1.807, 2.05) is 31.2 Å². The van der Waals surface area contributed by atoms with Crippen LogP contribution < -0.4 is 20.3 Å². The van der Waals surface area contributed by atoms with Crippen molar-refractivity contribution in [2.75, 3.05) is 22.6 Å². The number of aryl methyl sites for hydroxylation is 1. The highest BCUT2D eigenvalue weighted by molar-refractivity contribution is 6.53. The van der Waals surface area contributed by atoms with Crippen molar-refractivity contribution in [3.63, 3.8) is 0 Å². The molecular formula is C25H20ClN3O4. The highest BCUT2D eigenvalue weighted by Crippen LogP contribution is 2.31. The summed E-state index contributed by atoms with van der Waals surface area (Å²) in [7, 11) is 1.53. The van der Waals surface area contributed by atoms with Gasteiger partial charge in [-0.15, -0.1) is 0 Å². The molecule has 1 heterocycles. The number of rotatable bonds is 6. The van der Waals surface area contributed by atoms with Crippen molar-refractivity contribution in [3.8, 4) is 5.75 Å². The SMILES string of the molecule is COc1ccc(N2C(=O)C(Cl)=C(Nc3ccc(C(=O)Nc4ccc(C)cc4)cc3)C2=O)cc1. The lowest BCUT2D eigenvalue weighted by atomic mass is 10.1. The minimum absolute atomic E-state index is 0.0330. The number of nitrogens with zero attached hydrogens (tertiary/aromatic N) is 1. The lowest BCUT2D eigenvalue weighted by Crippen LogP contribution is -2.32. The third kappa shape index (κ3) is 4.58. The van der Waals surface area contributed by atoms with Crippen molar-refractivity contribution in [1.82, 2.24) is 0 Å². The maximum absolute atomic E-state index is 12.9. The van der Waals surface area contributed by atoms with Gasteiger partial charge >= 0.3 is 0 Å². The smallest absolute Gasteiger partial charge is 0.283 e. The van der Waals surface area contributed by atoms with Gasteiger partial charge in [-0.1, -0.05) is 29.3 Å². The number of halogens is 1. The molecule has 33 heavy (non-hydrogen) atoms. The van der Waals surface area contributed by atoms with E-state index in [-0.39, 0.29) is 16.6 Å². The monoisotopic (exact) mass is 461 g/mol. The van der Waals surface area contributed by atoms with E-state index in [0.717, 1.165) is 10.5 Å². The van der Waals surface area contributed by atoms with E-state index in [2.05, 4.69) is 10.6 Å². The van der Waals surface area contributed by atoms with Crippen molar-refractivity contribution in [2.45, 2.75) is 6.92 Å². The number of carbonyl (C=O) groups is 3. The van der Waals surface area contributed by atoms with Gasteiger partial charge in [0.15, 0.2) is 0 Å². The van der Waals surface area contributed by atoms with Gasteiger partial charge in [-0.2, -0.15) is 0 Å². The fourth-order valence-electron chi connectivity index (χ4n) is 3.27. The summed E-state index contributed by atoms with van der Waals surface area (Å²) < 4.78 is 5.11. The standard InChI is InChI=1S/C25H20ClN3O4/c1-15-3-7-18(8-4-15)28-23(30)16-5-9-17(10-6-16)27-22-21(26)24(31)29(25(22)32)19-11-13-20(33-2)14-12-19/h3-14,27H,1-2H3,(H,28,30). The molecule has 0 saturated carbocycles. The Morgan fingerprint density at radius 3 is 2.06 bits per heavy atom. The molecule has 3 aromatic rings. The van der Waals surface area contributed by atoms with Crippen molar-refractivity contribution in [1.29, 1.82) is 0 Å². The molecule has 0 saturated heterocycles. The van der Waals surface area contributed by atoms with Gasteiger partial charge in [-0.05, 0) is 67.6 Å². The normalized spacial score (nSPS) is 13.4. The van der Waals surface area contributed by atoms with Crippen LogP contribution in [0, 0.1) is 6.92 Å². The Balaban J connectivity index is 1.46. The van der Waals surface area contributed by atoms with Crippen molar-refractivity contribution in [2.24, 2.45) is 0 Å². The molecule has 0 bridgehead atoms. The second-order valence-electron chi connectivity index (χ2n) is 7.36. The minimum Gasteiger partial charge on any atom is -0.497 e. The Kier molecular flexibility index (Phi) is 6.15. The third-order valence-electron chi connectivity index (χ3n) is 5.08. The second kappa shape index (κ2) is 9.18. The number of ether oxygens (including phenoxy) is 1. The molecule has 166 valence electrons. The summed E-state index contributed by atoms with van der Waals surface area (Å²) in [5, 5.41) is 5.51. The first kappa shape index (κ1) is 22.1. The molecule has 2 N–H and O–H groups in total. The van der Waals surface area contributed by atoms with Crippen molar-refractivity contribution >= 4 is 46.4 Å². The zero-order chi connectivity index (χ0) is 23.5. The Labute approximate surface area is 195 Å². The summed E-state index contributed by atoms with van der Waals surface area (Å²) in [6.45, 7) is 1.97. The van der Waals surface area contributed by atoms with E-state index in [1.54, 1.807) is 48.5 Å². The van der Waals surface area contributed by atoms with Gasteiger partial charge < -0.3 is 15.4 Å². The number of methoxy groups -OCH3 is 1. The number of amides is 3. The van der Waals surface area contributed by atoms with Crippen LogP contribution >= 0.6 is 11.6 Å². The summed E-state index contributed by atoms with van der Waals surface area (Å²) in [5.74, 6) is -0.859. The molecule has 4 rings (SSSR count). The number of hydrogen-bond donors (Lipinski definition) is 2. The van der Waals surface area contributed by atoms with Crippen LogP contribution in [0.4, 0.5) is 17.1 Å². The Hall–Kier alpha value is -4.10. The van der Waals surface area contributed by atoms with Crippen LogP contribution in [0.3, 0.4) is 0 Å². The number of hydrogen-bond acceptors (Lipinski definition) is 5. The van der Waals surface area contributed by atoms with Gasteiger partial charge in [0.25, 0.3) is 17.7 Å². The molecule has 0 fully saturated rings. The van der Waals surface area contributed by atoms with E-state index in [1.165, 1.54) is 7.11 Å². The van der Waals surface area contributed by atoms with Crippen LogP contribution in [-0.4, -0.2) is 24.8 Å². The predicted molar refractivity (Wildman–Crippen MR) is 128 cm³/mol. The fourth-order valence-corrected chi connectivity index (χ4v) is 3.48. The summed E-state index contributed by atoms with van der Waals surface area (Å²) in [5.41, 5.74) is 3.08. The fraction of sp³-hybridized carbons (Fsp3) is 0.0800. The van der Waals surface area contributed by atoms with E-state index >= 15 is 0 Å². The topological polar surface area (TPSA) is 87.7 Å². The first-order valence-electron chi connectivity index (χ1n) is 10.0. The molecule has 0 aromatic heterocycles.